The third-order valence-electron chi connectivity index (χ3n) is 4.25. The van der Waals surface area contributed by atoms with E-state index in [2.05, 4.69) is 49.6 Å². The third kappa shape index (κ3) is 5.05. The van der Waals surface area contributed by atoms with E-state index in [4.69, 9.17) is 17.0 Å². The molecule has 138 valence electrons. The van der Waals surface area contributed by atoms with Crippen molar-refractivity contribution in [1.82, 2.24) is 5.32 Å². The molecule has 0 bridgehead atoms. The quantitative estimate of drug-likeness (QED) is 0.583. The Balaban J connectivity index is 2.11. The van der Waals surface area contributed by atoms with Gasteiger partial charge >= 0.3 is 5.97 Å². The highest BCUT2D eigenvalue weighted by Crippen LogP contribution is 2.21. The maximum absolute atomic E-state index is 11.9. The van der Waals surface area contributed by atoms with Crippen LogP contribution in [0.2, 0.25) is 0 Å². The number of rotatable bonds is 5. The fourth-order valence-corrected chi connectivity index (χ4v) is 3.04. The highest BCUT2D eigenvalue weighted by molar-refractivity contribution is 7.80. The second-order valence-electron chi connectivity index (χ2n) is 6.43. The topological polar surface area (TPSA) is 50.4 Å². The first-order valence-electron chi connectivity index (χ1n) is 8.74. The molecule has 2 aromatic rings. The Bertz CT molecular complexity index is 818. The Hall–Kier alpha value is -2.40. The number of thiocarbonyl (C=S) groups is 1. The lowest BCUT2D eigenvalue weighted by Gasteiger charge is -2.20. The second-order valence-corrected chi connectivity index (χ2v) is 6.84. The van der Waals surface area contributed by atoms with Gasteiger partial charge in [0.05, 0.1) is 18.2 Å². The number of hydrogen-bond donors (Lipinski definition) is 2. The van der Waals surface area contributed by atoms with Gasteiger partial charge < -0.3 is 15.4 Å². The number of ether oxygens (including phenoxy) is 1. The fraction of sp³-hybridized carbons (Fsp3) is 0.333. The van der Waals surface area contributed by atoms with Gasteiger partial charge in [0.25, 0.3) is 0 Å². The molecule has 2 rings (SSSR count). The van der Waals surface area contributed by atoms with Crippen LogP contribution in [0, 0.1) is 20.8 Å². The minimum absolute atomic E-state index is 0.0726. The fourth-order valence-electron chi connectivity index (χ4n) is 2.76. The second kappa shape index (κ2) is 8.81. The molecule has 0 heterocycles. The number of hydrogen-bond acceptors (Lipinski definition) is 3. The molecule has 0 fully saturated rings. The number of aryl methyl sites for hydroxylation is 3. The predicted octanol–water partition coefficient (Wildman–Crippen LogP) is 4.84. The van der Waals surface area contributed by atoms with E-state index in [0.29, 0.717) is 17.3 Å². The summed E-state index contributed by atoms with van der Waals surface area (Å²) in [4.78, 5) is 11.9. The first-order valence-corrected chi connectivity index (χ1v) is 9.15. The number of esters is 1. The molecule has 5 heteroatoms. The van der Waals surface area contributed by atoms with Crippen LogP contribution in [0.15, 0.2) is 36.4 Å². The Morgan fingerprint density at radius 3 is 2.50 bits per heavy atom. The first kappa shape index (κ1) is 19.9. The zero-order valence-electron chi connectivity index (χ0n) is 16.0. The van der Waals surface area contributed by atoms with E-state index in [-0.39, 0.29) is 12.0 Å². The number of anilines is 1. The monoisotopic (exact) mass is 370 g/mol. The minimum Gasteiger partial charge on any atom is -0.462 e. The van der Waals surface area contributed by atoms with Crippen molar-refractivity contribution in [2.24, 2.45) is 0 Å². The Labute approximate surface area is 161 Å². The smallest absolute Gasteiger partial charge is 0.338 e. The summed E-state index contributed by atoms with van der Waals surface area (Å²) in [6, 6.07) is 11.9. The number of nitrogens with one attached hydrogen (secondary N) is 2. The molecule has 4 nitrogen and oxygen atoms in total. The van der Waals surface area contributed by atoms with Crippen molar-refractivity contribution in [3.63, 3.8) is 0 Å². The molecule has 0 saturated heterocycles. The van der Waals surface area contributed by atoms with E-state index in [0.717, 1.165) is 11.3 Å². The van der Waals surface area contributed by atoms with Crippen molar-refractivity contribution >= 4 is 29.0 Å². The molecule has 0 spiro atoms. The van der Waals surface area contributed by atoms with E-state index in [9.17, 15) is 4.79 Å². The van der Waals surface area contributed by atoms with Crippen LogP contribution in [0.3, 0.4) is 0 Å². The number of carbonyl (C=O) groups excluding carboxylic acids is 1. The largest absolute Gasteiger partial charge is 0.462 e. The summed E-state index contributed by atoms with van der Waals surface area (Å²) in [5.41, 5.74) is 5.95. The average molecular weight is 371 g/mol. The minimum atomic E-state index is -0.335. The van der Waals surface area contributed by atoms with E-state index in [1.54, 1.807) is 19.1 Å². The van der Waals surface area contributed by atoms with E-state index in [1.807, 2.05) is 13.0 Å². The van der Waals surface area contributed by atoms with Crippen LogP contribution in [-0.4, -0.2) is 17.7 Å². The van der Waals surface area contributed by atoms with Gasteiger partial charge in [-0.2, -0.15) is 0 Å². The molecule has 2 aromatic carbocycles. The lowest BCUT2D eigenvalue weighted by molar-refractivity contribution is 0.0526. The molecule has 26 heavy (non-hydrogen) atoms. The van der Waals surface area contributed by atoms with Gasteiger partial charge in [0.15, 0.2) is 5.11 Å². The van der Waals surface area contributed by atoms with Crippen LogP contribution in [0.4, 0.5) is 5.69 Å². The van der Waals surface area contributed by atoms with Gasteiger partial charge in [0.2, 0.25) is 0 Å². The van der Waals surface area contributed by atoms with Crippen molar-refractivity contribution in [2.45, 2.75) is 40.7 Å². The Morgan fingerprint density at radius 2 is 1.81 bits per heavy atom. The molecule has 0 saturated carbocycles. The molecule has 0 aromatic heterocycles. The van der Waals surface area contributed by atoms with Gasteiger partial charge in [-0.1, -0.05) is 29.8 Å². The molecule has 0 aliphatic rings. The van der Waals surface area contributed by atoms with E-state index >= 15 is 0 Å². The molecule has 0 amide bonds. The molecule has 0 radical (unpaired) electrons. The van der Waals surface area contributed by atoms with Crippen LogP contribution in [0.5, 0.6) is 0 Å². The summed E-state index contributed by atoms with van der Waals surface area (Å²) in [6.07, 6.45) is 0. The van der Waals surface area contributed by atoms with Crippen LogP contribution >= 0.6 is 12.2 Å². The van der Waals surface area contributed by atoms with Gasteiger partial charge in [0.1, 0.15) is 0 Å². The summed E-state index contributed by atoms with van der Waals surface area (Å²) < 4.78 is 5.06. The van der Waals surface area contributed by atoms with Crippen molar-refractivity contribution < 1.29 is 9.53 Å². The standard InChI is InChI=1S/C21H26N2O2S/c1-6-25-20(24)17-10-9-15(4)19(12-17)23-21(26)22-16(5)18-11-13(2)7-8-14(18)3/h7-12,16H,6H2,1-5H3,(H2,22,23,26)/t16-/m1/s1. The molecule has 0 aliphatic carbocycles. The van der Waals surface area contributed by atoms with Crippen LogP contribution in [-0.2, 0) is 4.74 Å². The Morgan fingerprint density at radius 1 is 1.12 bits per heavy atom. The predicted molar refractivity (Wildman–Crippen MR) is 111 cm³/mol. The lowest BCUT2D eigenvalue weighted by atomic mass is 10.0. The summed E-state index contributed by atoms with van der Waals surface area (Å²) >= 11 is 5.47. The molecule has 2 N–H and O–H groups in total. The van der Waals surface area contributed by atoms with Gasteiger partial charge in [-0.3, -0.25) is 0 Å². The molecule has 0 aliphatic heterocycles. The molecule has 1 atom stereocenters. The average Bonchev–Trinajstić information content (AvgIpc) is 2.59. The van der Waals surface area contributed by atoms with Crippen molar-refractivity contribution in [3.8, 4) is 0 Å². The molecular weight excluding hydrogens is 344 g/mol. The summed E-state index contributed by atoms with van der Waals surface area (Å²) in [5, 5.41) is 7.03. The SMILES string of the molecule is CCOC(=O)c1ccc(C)c(NC(=S)N[C@H](C)c2cc(C)ccc2C)c1. The van der Waals surface area contributed by atoms with Gasteiger partial charge in [-0.25, -0.2) is 4.79 Å². The highest BCUT2D eigenvalue weighted by atomic mass is 32.1. The van der Waals surface area contributed by atoms with Crippen LogP contribution < -0.4 is 10.6 Å². The zero-order valence-corrected chi connectivity index (χ0v) is 16.8. The Kier molecular flexibility index (Phi) is 6.75. The number of benzene rings is 2. The van der Waals surface area contributed by atoms with Gasteiger partial charge in [-0.05, 0) is 75.7 Å². The van der Waals surface area contributed by atoms with Crippen molar-refractivity contribution in [2.75, 3.05) is 11.9 Å². The lowest BCUT2D eigenvalue weighted by Crippen LogP contribution is -2.31. The van der Waals surface area contributed by atoms with Crippen LogP contribution in [0.25, 0.3) is 0 Å². The summed E-state index contributed by atoms with van der Waals surface area (Å²) in [5.74, 6) is -0.335. The van der Waals surface area contributed by atoms with Crippen molar-refractivity contribution in [1.29, 1.82) is 0 Å². The maximum Gasteiger partial charge on any atom is 0.338 e. The van der Waals surface area contributed by atoms with Crippen LogP contribution in [0.1, 0.15) is 52.5 Å². The molecular formula is C21H26N2O2S. The van der Waals surface area contributed by atoms with Gasteiger partial charge in [0, 0.05) is 5.69 Å². The first-order chi connectivity index (χ1) is 12.3. The summed E-state index contributed by atoms with van der Waals surface area (Å²) in [7, 11) is 0. The molecule has 0 unspecified atom stereocenters. The third-order valence-corrected chi connectivity index (χ3v) is 4.47. The zero-order chi connectivity index (χ0) is 19.3. The highest BCUT2D eigenvalue weighted by Gasteiger charge is 2.13. The van der Waals surface area contributed by atoms with E-state index in [1.165, 1.54) is 16.7 Å². The number of carbonyl (C=O) groups is 1. The van der Waals surface area contributed by atoms with Gasteiger partial charge in [-0.15, -0.1) is 0 Å². The van der Waals surface area contributed by atoms with Crippen molar-refractivity contribution in [3.05, 3.63) is 64.2 Å². The summed E-state index contributed by atoms with van der Waals surface area (Å²) in [6.45, 7) is 10.4. The normalized spacial score (nSPS) is 11.6. The maximum atomic E-state index is 11.9. The van der Waals surface area contributed by atoms with E-state index < -0.39 is 0 Å².